The van der Waals surface area contributed by atoms with Crippen LogP contribution in [-0.2, 0) is 35.8 Å². The lowest BCUT2D eigenvalue weighted by Crippen LogP contribution is -2.24. The van der Waals surface area contributed by atoms with Crippen molar-refractivity contribution < 1.29 is 25.3 Å². The van der Waals surface area contributed by atoms with E-state index in [1.54, 1.807) is 0 Å². The van der Waals surface area contributed by atoms with Crippen molar-refractivity contribution >= 4 is 41.7 Å². The summed E-state index contributed by atoms with van der Waals surface area (Å²) in [5.74, 6) is -1.11. The summed E-state index contributed by atoms with van der Waals surface area (Å²) in [4.78, 5) is -1.58. The Balaban J connectivity index is 3.94. The lowest BCUT2D eigenvalue weighted by atomic mass is 10.2. The molecular formula is C7H10ClN3O6S3. The van der Waals surface area contributed by atoms with Crippen LogP contribution in [0.25, 0.3) is 0 Å². The topological polar surface area (TPSA) is 180 Å². The number of sulfonamides is 3. The lowest BCUT2D eigenvalue weighted by molar-refractivity contribution is 0.591. The van der Waals surface area contributed by atoms with Gasteiger partial charge in [0.25, 0.3) is 0 Å². The average molecular weight is 364 g/mol. The number of halogens is 1. The normalized spacial score (nSPS) is 13.4. The van der Waals surface area contributed by atoms with E-state index in [2.05, 4.69) is 0 Å². The van der Waals surface area contributed by atoms with E-state index in [1.807, 2.05) is 0 Å². The molecule has 0 aliphatic carbocycles. The summed E-state index contributed by atoms with van der Waals surface area (Å²) < 4.78 is 68.0. The first-order valence-corrected chi connectivity index (χ1v) is 9.79. The molecule has 0 saturated heterocycles. The molecule has 1 aromatic carbocycles. The molecule has 0 spiro atoms. The van der Waals surface area contributed by atoms with Crippen molar-refractivity contribution in [2.75, 3.05) is 0 Å². The Morgan fingerprint density at radius 2 is 1.40 bits per heavy atom. The summed E-state index contributed by atoms with van der Waals surface area (Å²) in [5.41, 5.74) is -0.690. The third-order valence-corrected chi connectivity index (χ3v) is 5.25. The van der Waals surface area contributed by atoms with Gasteiger partial charge in [0.05, 0.1) is 15.7 Å². The maximum atomic E-state index is 11.5. The molecule has 1 rings (SSSR count). The van der Waals surface area contributed by atoms with Gasteiger partial charge in [-0.1, -0.05) is 11.6 Å². The summed E-state index contributed by atoms with van der Waals surface area (Å²) in [6.45, 7) is 0. The van der Waals surface area contributed by atoms with Gasteiger partial charge in [-0.3, -0.25) is 0 Å². The molecule has 0 heterocycles. The monoisotopic (exact) mass is 363 g/mol. The highest BCUT2D eigenvalue weighted by atomic mass is 35.5. The van der Waals surface area contributed by atoms with Crippen LogP contribution in [0.2, 0.25) is 5.02 Å². The number of benzene rings is 1. The molecule has 0 amide bonds. The molecule has 9 nitrogen and oxygen atoms in total. The maximum Gasteiger partial charge on any atom is 0.239 e. The minimum atomic E-state index is -4.49. The molecule has 0 unspecified atom stereocenters. The van der Waals surface area contributed by atoms with Crippen LogP contribution in [0, 0.1) is 0 Å². The Morgan fingerprint density at radius 3 is 1.75 bits per heavy atom. The van der Waals surface area contributed by atoms with Gasteiger partial charge in [0.1, 0.15) is 4.90 Å². The van der Waals surface area contributed by atoms with E-state index >= 15 is 0 Å². The molecule has 6 N–H and O–H groups in total. The Kier molecular flexibility index (Phi) is 4.51. The maximum absolute atomic E-state index is 11.5. The van der Waals surface area contributed by atoms with Gasteiger partial charge in [0.15, 0.2) is 0 Å². The van der Waals surface area contributed by atoms with Crippen molar-refractivity contribution in [1.82, 2.24) is 0 Å². The second-order valence-electron chi connectivity index (χ2n) is 3.75. The van der Waals surface area contributed by atoms with Crippen LogP contribution in [0.3, 0.4) is 0 Å². The second kappa shape index (κ2) is 5.22. The predicted octanol–water partition coefficient (Wildman–Crippen LogP) is -1.58. The molecule has 0 radical (unpaired) electrons. The molecule has 114 valence electrons. The lowest BCUT2D eigenvalue weighted by Gasteiger charge is -2.12. The molecule has 0 aliphatic rings. The summed E-state index contributed by atoms with van der Waals surface area (Å²) >= 11 is 5.63. The SMILES string of the molecule is NS(=O)(=O)Cc1c(S(N)(=O)=O)ccc(Cl)c1S(N)(=O)=O. The highest BCUT2D eigenvalue weighted by molar-refractivity contribution is 7.90. The average Bonchev–Trinajstić information content (AvgIpc) is 2.09. The Morgan fingerprint density at radius 1 is 0.900 bits per heavy atom. The largest absolute Gasteiger partial charge is 0.239 e. The second-order valence-corrected chi connectivity index (χ2v) is 8.80. The van der Waals surface area contributed by atoms with E-state index < -0.39 is 56.2 Å². The van der Waals surface area contributed by atoms with Gasteiger partial charge in [0, 0.05) is 5.56 Å². The van der Waals surface area contributed by atoms with Gasteiger partial charge in [-0.15, -0.1) is 0 Å². The summed E-state index contributed by atoms with van der Waals surface area (Å²) in [6, 6.07) is 1.79. The molecule has 0 aliphatic heterocycles. The first-order valence-electron chi connectivity index (χ1n) is 4.61. The van der Waals surface area contributed by atoms with Crippen LogP contribution in [0.5, 0.6) is 0 Å². The van der Waals surface area contributed by atoms with Crippen LogP contribution >= 0.6 is 11.6 Å². The van der Waals surface area contributed by atoms with Crippen molar-refractivity contribution in [2.24, 2.45) is 15.4 Å². The van der Waals surface area contributed by atoms with Gasteiger partial charge < -0.3 is 0 Å². The predicted molar refractivity (Wildman–Crippen MR) is 71.0 cm³/mol. The third kappa shape index (κ3) is 4.12. The van der Waals surface area contributed by atoms with Gasteiger partial charge in [-0.25, -0.2) is 40.7 Å². The fourth-order valence-corrected chi connectivity index (χ4v) is 4.58. The summed E-state index contributed by atoms with van der Waals surface area (Å²) in [6.07, 6.45) is 0. The molecule has 0 aromatic heterocycles. The molecule has 0 atom stereocenters. The van der Waals surface area contributed by atoms with Crippen LogP contribution in [-0.4, -0.2) is 25.3 Å². The van der Waals surface area contributed by atoms with Gasteiger partial charge in [-0.2, -0.15) is 0 Å². The van der Waals surface area contributed by atoms with E-state index in [4.69, 9.17) is 27.0 Å². The fraction of sp³-hybridized carbons (Fsp3) is 0.143. The van der Waals surface area contributed by atoms with Crippen molar-refractivity contribution in [2.45, 2.75) is 15.5 Å². The van der Waals surface area contributed by atoms with Crippen LogP contribution < -0.4 is 15.4 Å². The first-order chi connectivity index (χ1) is 8.73. The zero-order valence-corrected chi connectivity index (χ0v) is 12.9. The summed E-state index contributed by atoms with van der Waals surface area (Å²) in [5, 5.41) is 14.2. The van der Waals surface area contributed by atoms with E-state index in [1.165, 1.54) is 0 Å². The van der Waals surface area contributed by atoms with Gasteiger partial charge in [-0.05, 0) is 12.1 Å². The molecular weight excluding hydrogens is 354 g/mol. The van der Waals surface area contributed by atoms with E-state index in [-0.39, 0.29) is 0 Å². The molecule has 13 heteroatoms. The van der Waals surface area contributed by atoms with E-state index in [0.29, 0.717) is 0 Å². The highest BCUT2D eigenvalue weighted by Crippen LogP contribution is 2.30. The van der Waals surface area contributed by atoms with Crippen molar-refractivity contribution in [3.8, 4) is 0 Å². The Hall–Kier alpha value is -0.760. The number of nitrogens with two attached hydrogens (primary N) is 3. The quantitative estimate of drug-likeness (QED) is 0.580. The standard InChI is InChI=1S/C7H10ClN3O6S3/c8-5-1-2-6(19(10,14)15)4(3-18(9,12)13)7(5)20(11,16)17/h1-2H,3H2,(H2,9,12,13)(H2,10,14,15)(H2,11,16,17). The smallest absolute Gasteiger partial charge is 0.228 e. The first kappa shape index (κ1) is 17.3. The molecule has 0 saturated carbocycles. The van der Waals surface area contributed by atoms with Gasteiger partial charge in [0.2, 0.25) is 30.1 Å². The molecule has 1 aromatic rings. The molecule has 0 bridgehead atoms. The fourth-order valence-electron chi connectivity index (χ4n) is 1.49. The van der Waals surface area contributed by atoms with Crippen LogP contribution in [0.4, 0.5) is 0 Å². The molecule has 0 fully saturated rings. The van der Waals surface area contributed by atoms with Crippen molar-refractivity contribution in [3.63, 3.8) is 0 Å². The Labute approximate surface area is 120 Å². The van der Waals surface area contributed by atoms with Gasteiger partial charge >= 0.3 is 0 Å². The number of rotatable bonds is 4. The number of primary sulfonamides is 3. The number of hydrogen-bond acceptors (Lipinski definition) is 6. The minimum absolute atomic E-state index is 0.446. The zero-order chi connectivity index (χ0) is 15.9. The third-order valence-electron chi connectivity index (χ3n) is 2.11. The summed E-state index contributed by atoms with van der Waals surface area (Å²) in [7, 11) is -13.2. The number of hydrogen-bond donors (Lipinski definition) is 3. The van der Waals surface area contributed by atoms with E-state index in [9.17, 15) is 25.3 Å². The Bertz CT molecular complexity index is 859. The van der Waals surface area contributed by atoms with Crippen LogP contribution in [0.1, 0.15) is 5.56 Å². The van der Waals surface area contributed by atoms with Crippen molar-refractivity contribution in [3.05, 3.63) is 22.7 Å². The van der Waals surface area contributed by atoms with E-state index in [0.717, 1.165) is 12.1 Å². The highest BCUT2D eigenvalue weighted by Gasteiger charge is 2.28. The van der Waals surface area contributed by atoms with Crippen LogP contribution in [0.15, 0.2) is 21.9 Å². The minimum Gasteiger partial charge on any atom is -0.228 e. The molecule has 20 heavy (non-hydrogen) atoms. The van der Waals surface area contributed by atoms with Crippen molar-refractivity contribution in [1.29, 1.82) is 0 Å². The zero-order valence-electron chi connectivity index (χ0n) is 9.65.